The number of carbonyl (C=O) groups is 2. The van der Waals surface area contributed by atoms with Gasteiger partial charge in [0.2, 0.25) is 12.6 Å². The van der Waals surface area contributed by atoms with Gasteiger partial charge in [-0.15, -0.1) is 25.1 Å². The Kier molecular flexibility index (Phi) is 9.69. The van der Waals surface area contributed by atoms with Gasteiger partial charge in [0.15, 0.2) is 0 Å². The zero-order chi connectivity index (χ0) is 33.5. The van der Waals surface area contributed by atoms with Crippen molar-refractivity contribution in [2.24, 2.45) is 4.99 Å². The highest BCUT2D eigenvalue weighted by atomic mass is 16.9. The summed E-state index contributed by atoms with van der Waals surface area (Å²) in [5.41, 5.74) is 3.30. The van der Waals surface area contributed by atoms with Crippen LogP contribution in [0.3, 0.4) is 0 Å². The van der Waals surface area contributed by atoms with Crippen LogP contribution >= 0.6 is 0 Å². The summed E-state index contributed by atoms with van der Waals surface area (Å²) in [7, 11) is 0. The minimum absolute atomic E-state index is 0.0614. The Hall–Kier alpha value is -5.66. The molecule has 14 heteroatoms. The van der Waals surface area contributed by atoms with Gasteiger partial charge in [-0.2, -0.15) is 0 Å². The van der Waals surface area contributed by atoms with E-state index in [1.165, 1.54) is 12.1 Å². The fourth-order valence-corrected chi connectivity index (χ4v) is 6.08. The van der Waals surface area contributed by atoms with Crippen LogP contribution in [-0.4, -0.2) is 53.6 Å². The summed E-state index contributed by atoms with van der Waals surface area (Å²) >= 11 is 0. The van der Waals surface area contributed by atoms with E-state index in [4.69, 9.17) is 14.5 Å². The number of amidine groups is 1. The second kappa shape index (κ2) is 14.4. The van der Waals surface area contributed by atoms with Gasteiger partial charge in [0.1, 0.15) is 23.7 Å². The molecule has 0 unspecified atom stereocenters. The third kappa shape index (κ3) is 7.17. The molecule has 14 nitrogen and oxygen atoms in total. The Bertz CT molecular complexity index is 1820. The van der Waals surface area contributed by atoms with Gasteiger partial charge in [-0.1, -0.05) is 92.9 Å². The van der Waals surface area contributed by atoms with Crippen LogP contribution in [-0.2, 0) is 34.3 Å². The standard InChI is InChI=1S/C34H35N7O7/c1-2-3-14-30-35-34(19-8-9-20-34)32(42)39(30)21-24-15-17-25(18-16-24)27-11-5-6-12-28(27)31-36-38-40(37-31)23-46-33(43)48-29-13-7-4-10-26(29)22-47-41(44)45/h4-7,10-13,15-18H,2-3,8-9,14,19-23H2,1H3. The molecule has 48 heavy (non-hydrogen) atoms. The Morgan fingerprint density at radius 3 is 2.48 bits per heavy atom. The first-order chi connectivity index (χ1) is 23.3. The molecule has 0 atom stereocenters. The molecular formula is C34H35N7O7. The van der Waals surface area contributed by atoms with Gasteiger partial charge in [0.05, 0.1) is 6.54 Å². The van der Waals surface area contributed by atoms with Crippen molar-refractivity contribution in [2.45, 2.75) is 77.3 Å². The molecule has 4 aromatic rings. The minimum Gasteiger partial charge on any atom is -0.409 e. The first-order valence-corrected chi connectivity index (χ1v) is 15.9. The summed E-state index contributed by atoms with van der Waals surface area (Å²) in [6, 6.07) is 21.9. The van der Waals surface area contributed by atoms with Crippen molar-refractivity contribution in [3.05, 3.63) is 94.0 Å². The average molecular weight is 654 g/mol. The van der Waals surface area contributed by atoms with Crippen LogP contribution in [0.4, 0.5) is 4.79 Å². The Balaban J connectivity index is 1.11. The third-order valence-corrected chi connectivity index (χ3v) is 8.50. The lowest BCUT2D eigenvalue weighted by atomic mass is 9.97. The molecule has 0 N–H and O–H groups in total. The summed E-state index contributed by atoms with van der Waals surface area (Å²) in [5, 5.41) is 22.2. The largest absolute Gasteiger partial charge is 0.515 e. The molecule has 248 valence electrons. The van der Waals surface area contributed by atoms with E-state index in [1.807, 2.05) is 53.4 Å². The Labute approximate surface area is 276 Å². The Morgan fingerprint density at radius 1 is 1.00 bits per heavy atom. The van der Waals surface area contributed by atoms with Gasteiger partial charge >= 0.3 is 6.16 Å². The number of hydrogen-bond acceptors (Lipinski definition) is 11. The van der Waals surface area contributed by atoms with Crippen LogP contribution in [0.1, 0.15) is 63.0 Å². The molecule has 1 fully saturated rings. The van der Waals surface area contributed by atoms with Crippen molar-refractivity contribution >= 4 is 17.9 Å². The number of aliphatic imine (C=N–C) groups is 1. The maximum absolute atomic E-state index is 13.6. The molecule has 1 aromatic heterocycles. The van der Waals surface area contributed by atoms with Crippen LogP contribution in [0.2, 0.25) is 0 Å². The smallest absolute Gasteiger partial charge is 0.409 e. The van der Waals surface area contributed by atoms with Crippen molar-refractivity contribution in [3.8, 4) is 28.3 Å². The third-order valence-electron chi connectivity index (χ3n) is 8.50. The molecule has 3 aromatic carbocycles. The number of amides is 1. The predicted molar refractivity (Wildman–Crippen MR) is 173 cm³/mol. The SMILES string of the molecule is CCCCC1=NC2(CCCC2)C(=O)N1Cc1ccc(-c2ccccc2-c2nnn(COC(=O)Oc3ccccc3CO[N+](=O)[O-])n2)cc1. The van der Waals surface area contributed by atoms with E-state index in [2.05, 4.69) is 27.2 Å². The highest BCUT2D eigenvalue weighted by Crippen LogP contribution is 2.40. The van der Waals surface area contributed by atoms with E-state index < -0.39 is 16.8 Å². The highest BCUT2D eigenvalue weighted by Gasteiger charge is 2.49. The molecule has 2 aliphatic rings. The number of ether oxygens (including phenoxy) is 2. The molecule has 1 amide bonds. The van der Waals surface area contributed by atoms with Crippen LogP contribution in [0, 0.1) is 10.1 Å². The van der Waals surface area contributed by atoms with E-state index >= 15 is 0 Å². The van der Waals surface area contributed by atoms with Crippen molar-refractivity contribution in [2.75, 3.05) is 0 Å². The van der Waals surface area contributed by atoms with Crippen LogP contribution in [0.5, 0.6) is 5.75 Å². The Morgan fingerprint density at radius 2 is 1.73 bits per heavy atom. The quantitative estimate of drug-likeness (QED) is 0.0709. The van der Waals surface area contributed by atoms with Gasteiger partial charge in [-0.3, -0.25) is 14.7 Å². The fourth-order valence-electron chi connectivity index (χ4n) is 6.08. The zero-order valence-corrected chi connectivity index (χ0v) is 26.5. The van der Waals surface area contributed by atoms with Crippen LogP contribution in [0.25, 0.3) is 22.5 Å². The van der Waals surface area contributed by atoms with Crippen LogP contribution in [0.15, 0.2) is 77.8 Å². The van der Waals surface area contributed by atoms with Gasteiger partial charge in [0.25, 0.3) is 11.0 Å². The second-order valence-electron chi connectivity index (χ2n) is 11.7. The number of nitrogens with zero attached hydrogens (tertiary/aromatic N) is 7. The summed E-state index contributed by atoms with van der Waals surface area (Å²) in [4.78, 5) is 48.8. The number of carbonyl (C=O) groups excluding carboxylic acids is 2. The molecule has 0 radical (unpaired) electrons. The highest BCUT2D eigenvalue weighted by molar-refractivity contribution is 6.08. The maximum atomic E-state index is 13.6. The van der Waals surface area contributed by atoms with E-state index in [9.17, 15) is 19.7 Å². The second-order valence-corrected chi connectivity index (χ2v) is 11.7. The number of rotatable bonds is 13. The lowest BCUT2D eigenvalue weighted by Crippen LogP contribution is -2.40. The predicted octanol–water partition coefficient (Wildman–Crippen LogP) is 6.13. The summed E-state index contributed by atoms with van der Waals surface area (Å²) in [5.74, 6) is 1.44. The van der Waals surface area contributed by atoms with Gasteiger partial charge < -0.3 is 14.3 Å². The molecule has 1 aliphatic carbocycles. The van der Waals surface area contributed by atoms with Crippen LogP contribution < -0.4 is 4.74 Å². The van der Waals surface area contributed by atoms with Gasteiger partial charge in [0, 0.05) is 17.5 Å². The van der Waals surface area contributed by atoms with E-state index in [0.717, 1.165) is 77.8 Å². The molecule has 1 aliphatic heterocycles. The fraction of sp³-hybridized carbons (Fsp3) is 0.353. The average Bonchev–Trinajstić information content (AvgIpc) is 3.84. The number of hydrogen-bond donors (Lipinski definition) is 0. The molecule has 2 heterocycles. The van der Waals surface area contributed by atoms with Crippen molar-refractivity contribution in [3.63, 3.8) is 0 Å². The molecular weight excluding hydrogens is 618 g/mol. The van der Waals surface area contributed by atoms with Crippen molar-refractivity contribution in [1.29, 1.82) is 0 Å². The topological polar surface area (TPSA) is 164 Å². The zero-order valence-electron chi connectivity index (χ0n) is 26.5. The molecule has 0 saturated heterocycles. The van der Waals surface area contributed by atoms with E-state index in [1.54, 1.807) is 12.1 Å². The normalized spacial score (nSPS) is 15.1. The van der Waals surface area contributed by atoms with E-state index in [0.29, 0.717) is 17.9 Å². The molecule has 1 spiro atoms. The number of tetrazole rings is 1. The molecule has 0 bridgehead atoms. The summed E-state index contributed by atoms with van der Waals surface area (Å²) in [6.45, 7) is 1.87. The monoisotopic (exact) mass is 653 g/mol. The molecule has 1 saturated carbocycles. The van der Waals surface area contributed by atoms with Crippen molar-refractivity contribution in [1.82, 2.24) is 25.1 Å². The molecule has 6 rings (SSSR count). The van der Waals surface area contributed by atoms with E-state index in [-0.39, 0.29) is 25.0 Å². The lowest BCUT2D eigenvalue weighted by Gasteiger charge is -2.23. The number of aromatic nitrogens is 4. The van der Waals surface area contributed by atoms with Gasteiger partial charge in [-0.25, -0.2) is 4.79 Å². The lowest BCUT2D eigenvalue weighted by molar-refractivity contribution is -0.763. The number of para-hydroxylation sites is 1. The number of unbranched alkanes of at least 4 members (excludes halogenated alkanes) is 1. The first kappa shape index (κ1) is 32.3. The minimum atomic E-state index is -1.05. The summed E-state index contributed by atoms with van der Waals surface area (Å²) in [6.07, 6.45) is 5.56. The summed E-state index contributed by atoms with van der Waals surface area (Å²) < 4.78 is 10.3. The first-order valence-electron chi connectivity index (χ1n) is 15.9. The maximum Gasteiger partial charge on any atom is 0.515 e. The van der Waals surface area contributed by atoms with Crippen molar-refractivity contribution < 1.29 is 29.0 Å². The van der Waals surface area contributed by atoms with Gasteiger partial charge in [-0.05, 0) is 47.2 Å². The number of benzene rings is 3.